The van der Waals surface area contributed by atoms with Crippen molar-refractivity contribution >= 4 is 28.8 Å². The van der Waals surface area contributed by atoms with E-state index >= 15 is 0 Å². The molecule has 10 rings (SSSR count). The summed E-state index contributed by atoms with van der Waals surface area (Å²) in [4.78, 5) is 10.4. The Morgan fingerprint density at radius 3 is 1.79 bits per heavy atom. The lowest BCUT2D eigenvalue weighted by molar-refractivity contribution is 0.660. The van der Waals surface area contributed by atoms with Crippen LogP contribution in [-0.2, 0) is 5.41 Å². The van der Waals surface area contributed by atoms with Crippen LogP contribution in [0.2, 0.25) is 0 Å². The van der Waals surface area contributed by atoms with Gasteiger partial charge in [0.15, 0.2) is 5.82 Å². The second kappa shape index (κ2) is 14.3. The van der Waals surface area contributed by atoms with Crippen LogP contribution in [0.5, 0.6) is 0 Å². The van der Waals surface area contributed by atoms with Gasteiger partial charge in [-0.2, -0.15) is 0 Å². The van der Waals surface area contributed by atoms with E-state index in [4.69, 9.17) is 9.97 Å². The van der Waals surface area contributed by atoms with Gasteiger partial charge >= 0.3 is 0 Å². The zero-order valence-electron chi connectivity index (χ0n) is 32.4. The van der Waals surface area contributed by atoms with Crippen molar-refractivity contribution in [3.05, 3.63) is 227 Å². The Labute approximate surface area is 339 Å². The molecule has 4 nitrogen and oxygen atoms in total. The summed E-state index contributed by atoms with van der Waals surface area (Å²) >= 11 is 0. The standard InChI is InChI=1S/C54H40N4/c1-54(2)45-28-15-14-27-43(45)44-30-29-41(32-46(44)54)49-34-48(57-53(58-49)37-21-10-5-11-22-37)40-25-16-24-39(31-40)47-33-38-23-12-13-26-42(38)52(56-47)50(35-17-6-3-7-18-35)51(55)36-19-8-4-9-20-36/h3-34,55-56H,1-2H3/b52-50-,55-51?. The van der Waals surface area contributed by atoms with Gasteiger partial charge in [0.1, 0.15) is 0 Å². The SMILES string of the molecule is CC1(C)c2ccccc2-c2ccc(-c3cc(-c4cccc(C5=Cc6ccccc6/C(=C(/C(=N)c6ccccc6)c6ccccc6)N5)c4)nc(-c4ccccc4)n3)cc21. The average Bonchev–Trinajstić information content (AvgIpc) is 3.52. The van der Waals surface area contributed by atoms with Gasteiger partial charge < -0.3 is 5.32 Å². The third kappa shape index (κ3) is 6.16. The molecule has 2 aliphatic rings. The van der Waals surface area contributed by atoms with E-state index in [1.807, 2.05) is 66.7 Å². The maximum atomic E-state index is 9.57. The minimum absolute atomic E-state index is 0.124. The van der Waals surface area contributed by atoms with Crippen LogP contribution in [0.1, 0.15) is 52.8 Å². The predicted molar refractivity (Wildman–Crippen MR) is 240 cm³/mol. The first-order chi connectivity index (χ1) is 28.4. The Balaban J connectivity index is 1.10. The Morgan fingerprint density at radius 1 is 0.483 bits per heavy atom. The van der Waals surface area contributed by atoms with Crippen LogP contribution in [0, 0.1) is 5.41 Å². The van der Waals surface area contributed by atoms with Gasteiger partial charge in [0.25, 0.3) is 0 Å². The van der Waals surface area contributed by atoms with Crippen LogP contribution >= 0.6 is 0 Å². The molecule has 7 aromatic carbocycles. The number of benzene rings is 7. The van der Waals surface area contributed by atoms with E-state index in [1.54, 1.807) is 0 Å². The summed E-state index contributed by atoms with van der Waals surface area (Å²) in [5.74, 6) is 0.683. The molecule has 2 N–H and O–H groups in total. The number of nitrogens with zero attached hydrogens (tertiary/aromatic N) is 2. The lowest BCUT2D eigenvalue weighted by Crippen LogP contribution is -2.20. The van der Waals surface area contributed by atoms with E-state index in [0.717, 1.165) is 72.9 Å². The summed E-state index contributed by atoms with van der Waals surface area (Å²) in [5.41, 5.74) is 18.0. The van der Waals surface area contributed by atoms with Crippen LogP contribution in [0.15, 0.2) is 188 Å². The van der Waals surface area contributed by atoms with Crippen molar-refractivity contribution < 1.29 is 0 Å². The topological polar surface area (TPSA) is 61.7 Å². The Kier molecular flexibility index (Phi) is 8.61. The van der Waals surface area contributed by atoms with Crippen molar-refractivity contribution in [2.45, 2.75) is 19.3 Å². The highest BCUT2D eigenvalue weighted by atomic mass is 14.9. The number of allylic oxidation sites excluding steroid dienone is 1. The molecule has 1 aliphatic heterocycles. The minimum atomic E-state index is -0.124. The van der Waals surface area contributed by atoms with Gasteiger partial charge in [0.2, 0.25) is 0 Å². The van der Waals surface area contributed by atoms with Crippen molar-refractivity contribution in [2.24, 2.45) is 0 Å². The molecule has 2 heterocycles. The first-order valence-electron chi connectivity index (χ1n) is 19.7. The van der Waals surface area contributed by atoms with Crippen molar-refractivity contribution in [2.75, 3.05) is 0 Å². The molecule has 0 unspecified atom stereocenters. The third-order valence-corrected chi connectivity index (χ3v) is 11.5. The van der Waals surface area contributed by atoms with E-state index in [2.05, 4.69) is 147 Å². The monoisotopic (exact) mass is 744 g/mol. The highest BCUT2D eigenvalue weighted by Gasteiger charge is 2.35. The van der Waals surface area contributed by atoms with Crippen molar-refractivity contribution in [3.63, 3.8) is 0 Å². The van der Waals surface area contributed by atoms with Gasteiger partial charge in [-0.1, -0.05) is 184 Å². The van der Waals surface area contributed by atoms with Crippen molar-refractivity contribution in [1.29, 1.82) is 5.41 Å². The largest absolute Gasteiger partial charge is 0.354 e. The number of hydrogen-bond acceptors (Lipinski definition) is 4. The molecule has 0 radical (unpaired) electrons. The van der Waals surface area contributed by atoms with E-state index in [9.17, 15) is 5.41 Å². The quantitative estimate of drug-likeness (QED) is 0.160. The molecule has 0 atom stereocenters. The first-order valence-corrected chi connectivity index (χ1v) is 19.7. The highest BCUT2D eigenvalue weighted by molar-refractivity contribution is 6.36. The molecule has 8 aromatic rings. The van der Waals surface area contributed by atoms with Gasteiger partial charge in [-0.25, -0.2) is 9.97 Å². The molecular weight excluding hydrogens is 705 g/mol. The summed E-state index contributed by atoms with van der Waals surface area (Å²) < 4.78 is 0. The molecule has 0 saturated heterocycles. The summed E-state index contributed by atoms with van der Waals surface area (Å²) in [5, 5.41) is 13.4. The van der Waals surface area contributed by atoms with E-state index in [0.29, 0.717) is 11.5 Å². The van der Waals surface area contributed by atoms with Gasteiger partial charge in [0, 0.05) is 44.5 Å². The lowest BCUT2D eigenvalue weighted by Gasteiger charge is -2.26. The van der Waals surface area contributed by atoms with Crippen molar-refractivity contribution in [3.8, 4) is 45.0 Å². The van der Waals surface area contributed by atoms with Gasteiger partial charge in [-0.15, -0.1) is 0 Å². The predicted octanol–water partition coefficient (Wildman–Crippen LogP) is 12.8. The number of fused-ring (bicyclic) bond motifs is 4. The van der Waals surface area contributed by atoms with Crippen LogP contribution < -0.4 is 5.32 Å². The fourth-order valence-corrected chi connectivity index (χ4v) is 8.53. The summed E-state index contributed by atoms with van der Waals surface area (Å²) in [7, 11) is 0. The normalized spacial score (nSPS) is 14.3. The smallest absolute Gasteiger partial charge is 0.160 e. The van der Waals surface area contributed by atoms with Crippen LogP contribution in [-0.4, -0.2) is 15.7 Å². The zero-order valence-corrected chi connectivity index (χ0v) is 32.4. The molecular formula is C54H40N4. The molecule has 276 valence electrons. The van der Waals surface area contributed by atoms with Crippen LogP contribution in [0.3, 0.4) is 0 Å². The maximum Gasteiger partial charge on any atom is 0.160 e. The van der Waals surface area contributed by atoms with Crippen LogP contribution in [0.25, 0.3) is 68.1 Å². The number of nitrogens with one attached hydrogen (secondary N) is 2. The maximum absolute atomic E-state index is 9.57. The Bertz CT molecular complexity index is 2940. The van der Waals surface area contributed by atoms with Gasteiger partial charge in [-0.3, -0.25) is 5.41 Å². The van der Waals surface area contributed by atoms with Gasteiger partial charge in [-0.05, 0) is 63.2 Å². The zero-order chi connectivity index (χ0) is 39.2. The molecule has 0 bridgehead atoms. The highest BCUT2D eigenvalue weighted by Crippen LogP contribution is 2.49. The number of rotatable bonds is 7. The molecule has 0 fully saturated rings. The third-order valence-electron chi connectivity index (χ3n) is 11.5. The second-order valence-corrected chi connectivity index (χ2v) is 15.5. The van der Waals surface area contributed by atoms with Crippen LogP contribution in [0.4, 0.5) is 0 Å². The van der Waals surface area contributed by atoms with E-state index in [-0.39, 0.29) is 5.41 Å². The molecule has 58 heavy (non-hydrogen) atoms. The minimum Gasteiger partial charge on any atom is -0.354 e. The summed E-state index contributed by atoms with van der Waals surface area (Å²) in [6.45, 7) is 4.63. The molecule has 1 aliphatic carbocycles. The average molecular weight is 745 g/mol. The Morgan fingerprint density at radius 2 is 1.05 bits per heavy atom. The van der Waals surface area contributed by atoms with E-state index in [1.165, 1.54) is 22.3 Å². The Hall–Kier alpha value is -7.43. The summed E-state index contributed by atoms with van der Waals surface area (Å²) in [6, 6.07) is 65.1. The fourth-order valence-electron chi connectivity index (χ4n) is 8.53. The molecule has 4 heteroatoms. The molecule has 0 amide bonds. The molecule has 0 spiro atoms. The number of aromatic nitrogens is 2. The van der Waals surface area contributed by atoms with Crippen molar-refractivity contribution in [1.82, 2.24) is 15.3 Å². The number of hydrogen-bond donors (Lipinski definition) is 2. The molecule has 1 aromatic heterocycles. The van der Waals surface area contributed by atoms with E-state index < -0.39 is 0 Å². The van der Waals surface area contributed by atoms with Gasteiger partial charge in [0.05, 0.1) is 22.8 Å². The summed E-state index contributed by atoms with van der Waals surface area (Å²) in [6.07, 6.45) is 2.21. The lowest BCUT2D eigenvalue weighted by atomic mass is 9.82. The first kappa shape index (κ1) is 35.0. The fraction of sp³-hybridized carbons (Fsp3) is 0.0556. The second-order valence-electron chi connectivity index (χ2n) is 15.5. The molecule has 0 saturated carbocycles.